The summed E-state index contributed by atoms with van der Waals surface area (Å²) in [5.41, 5.74) is 1.09. The van der Waals surface area contributed by atoms with Gasteiger partial charge in [0.25, 0.3) is 10.0 Å². The van der Waals surface area contributed by atoms with Crippen molar-refractivity contribution in [1.82, 2.24) is 19.9 Å². The Balaban J connectivity index is 1.44. The monoisotopic (exact) mass is 616 g/mol. The molecular weight excluding hydrogens is 585 g/mol. The molecule has 0 radical (unpaired) electrons. The number of anilines is 2. The second-order valence-electron chi connectivity index (χ2n) is 10.4. The third-order valence-electron chi connectivity index (χ3n) is 6.85. The first-order valence-corrected chi connectivity index (χ1v) is 16.0. The van der Waals surface area contributed by atoms with Gasteiger partial charge in [0, 0.05) is 30.8 Å². The van der Waals surface area contributed by atoms with Crippen molar-refractivity contribution >= 4 is 33.0 Å². The number of piperidine rings is 1. The molecule has 0 spiro atoms. The van der Waals surface area contributed by atoms with Gasteiger partial charge in [0.05, 0.1) is 27.0 Å². The lowest BCUT2D eigenvalue weighted by Gasteiger charge is -2.26. The molecule has 3 heterocycles. The van der Waals surface area contributed by atoms with Gasteiger partial charge in [-0.15, -0.1) is 11.3 Å². The minimum absolute atomic E-state index is 0.0841. The van der Waals surface area contributed by atoms with Gasteiger partial charge in [0.1, 0.15) is 22.3 Å². The molecule has 1 aliphatic rings. The van der Waals surface area contributed by atoms with Gasteiger partial charge in [-0.05, 0) is 68.4 Å². The summed E-state index contributed by atoms with van der Waals surface area (Å²) >= 11 is 1.43. The van der Waals surface area contributed by atoms with E-state index in [9.17, 15) is 21.6 Å². The standard InChI is InChI=1S/C29H31F3N6O2S2/c1-18(2)28-36-26(27(41-28)23-10-11-33-29(35-23)34-12-15-38-13-4-3-5-14-38)19-6-8-21(31)24(16-19)37-42(39,40)25-17-20(30)7-9-22(25)32/h6-11,16-18,37H,3-5,12-15H2,1-2H3,(H,33,34,35). The maximum Gasteiger partial charge on any atom is 0.265 e. The van der Waals surface area contributed by atoms with Crippen LogP contribution in [0.2, 0.25) is 0 Å². The summed E-state index contributed by atoms with van der Waals surface area (Å²) in [6.45, 7) is 7.78. The predicted octanol–water partition coefficient (Wildman–Crippen LogP) is 6.51. The molecule has 13 heteroatoms. The van der Waals surface area contributed by atoms with E-state index in [-0.39, 0.29) is 5.92 Å². The number of sulfonamides is 1. The Morgan fingerprint density at radius 3 is 2.50 bits per heavy atom. The van der Waals surface area contributed by atoms with E-state index in [1.54, 1.807) is 12.3 Å². The van der Waals surface area contributed by atoms with Gasteiger partial charge in [-0.1, -0.05) is 20.3 Å². The normalized spacial score (nSPS) is 14.3. The van der Waals surface area contributed by atoms with Crippen LogP contribution in [0.5, 0.6) is 0 Å². The first-order valence-electron chi connectivity index (χ1n) is 13.7. The molecule has 1 fully saturated rings. The predicted molar refractivity (Wildman–Crippen MR) is 159 cm³/mol. The lowest BCUT2D eigenvalue weighted by atomic mass is 10.1. The molecule has 0 bridgehead atoms. The third-order valence-corrected chi connectivity index (χ3v) is 9.61. The Morgan fingerprint density at radius 1 is 0.976 bits per heavy atom. The topological polar surface area (TPSA) is 100 Å². The summed E-state index contributed by atoms with van der Waals surface area (Å²) in [4.78, 5) is 16.0. The molecule has 0 unspecified atom stereocenters. The zero-order valence-corrected chi connectivity index (χ0v) is 24.8. The van der Waals surface area contributed by atoms with Gasteiger partial charge >= 0.3 is 0 Å². The van der Waals surface area contributed by atoms with E-state index in [0.29, 0.717) is 46.5 Å². The lowest BCUT2D eigenvalue weighted by Crippen LogP contribution is -2.33. The average molecular weight is 617 g/mol. The van der Waals surface area contributed by atoms with E-state index in [4.69, 9.17) is 9.97 Å². The van der Waals surface area contributed by atoms with Crippen LogP contribution in [0.1, 0.15) is 44.0 Å². The lowest BCUT2D eigenvalue weighted by molar-refractivity contribution is 0.237. The van der Waals surface area contributed by atoms with Gasteiger partial charge in [0.15, 0.2) is 0 Å². The first kappa shape index (κ1) is 29.9. The van der Waals surface area contributed by atoms with Gasteiger partial charge < -0.3 is 10.2 Å². The summed E-state index contributed by atoms with van der Waals surface area (Å²) < 4.78 is 70.5. The van der Waals surface area contributed by atoms with Crippen LogP contribution in [-0.4, -0.2) is 54.4 Å². The summed E-state index contributed by atoms with van der Waals surface area (Å²) in [7, 11) is -4.64. The number of rotatable bonds is 10. The van der Waals surface area contributed by atoms with Gasteiger partial charge in [0.2, 0.25) is 5.95 Å². The molecule has 8 nitrogen and oxygen atoms in total. The molecule has 1 aliphatic heterocycles. The van der Waals surface area contributed by atoms with E-state index in [1.807, 2.05) is 13.8 Å². The molecular formula is C29H31F3N6O2S2. The molecule has 0 aliphatic carbocycles. The molecule has 2 aromatic heterocycles. The van der Waals surface area contributed by atoms with Crippen molar-refractivity contribution in [2.45, 2.75) is 43.9 Å². The molecule has 222 valence electrons. The highest BCUT2D eigenvalue weighted by atomic mass is 32.2. The van der Waals surface area contributed by atoms with Crippen LogP contribution >= 0.6 is 11.3 Å². The van der Waals surface area contributed by atoms with Crippen molar-refractivity contribution in [1.29, 1.82) is 0 Å². The zero-order valence-electron chi connectivity index (χ0n) is 23.2. The number of thiazole rings is 1. The van der Waals surface area contributed by atoms with Crippen molar-refractivity contribution in [3.8, 4) is 21.8 Å². The van der Waals surface area contributed by atoms with Crippen molar-refractivity contribution in [2.24, 2.45) is 0 Å². The van der Waals surface area contributed by atoms with Gasteiger partial charge in [-0.25, -0.2) is 36.5 Å². The fourth-order valence-electron chi connectivity index (χ4n) is 4.67. The van der Waals surface area contributed by atoms with Crippen molar-refractivity contribution in [2.75, 3.05) is 36.2 Å². The molecule has 0 amide bonds. The van der Waals surface area contributed by atoms with Gasteiger partial charge in [-0.3, -0.25) is 4.72 Å². The molecule has 0 saturated carbocycles. The van der Waals surface area contributed by atoms with Crippen LogP contribution in [0.15, 0.2) is 53.6 Å². The van der Waals surface area contributed by atoms with Crippen molar-refractivity contribution in [3.63, 3.8) is 0 Å². The Morgan fingerprint density at radius 2 is 1.74 bits per heavy atom. The van der Waals surface area contributed by atoms with E-state index in [1.165, 1.54) is 42.7 Å². The number of nitrogens with zero attached hydrogens (tertiary/aromatic N) is 4. The van der Waals surface area contributed by atoms with Crippen LogP contribution in [0.4, 0.5) is 24.8 Å². The maximum atomic E-state index is 14.8. The fourth-order valence-corrected chi connectivity index (χ4v) is 6.87. The Bertz CT molecular complexity index is 1670. The molecule has 2 aromatic carbocycles. The second kappa shape index (κ2) is 12.8. The number of nitrogens with one attached hydrogen (secondary N) is 2. The quantitative estimate of drug-likeness (QED) is 0.210. The highest BCUT2D eigenvalue weighted by Gasteiger charge is 2.24. The number of likely N-dealkylation sites (tertiary alicyclic amines) is 1. The summed E-state index contributed by atoms with van der Waals surface area (Å²) in [6.07, 6.45) is 5.36. The summed E-state index contributed by atoms with van der Waals surface area (Å²) in [5, 5.41) is 4.11. The SMILES string of the molecule is CC(C)c1nc(-c2ccc(F)c(NS(=O)(=O)c3cc(F)ccc3F)c2)c(-c2ccnc(NCCN3CCCCC3)n2)s1. The number of halogens is 3. The largest absolute Gasteiger partial charge is 0.353 e. The smallest absolute Gasteiger partial charge is 0.265 e. The second-order valence-corrected chi connectivity index (χ2v) is 13.0. The number of hydrogen-bond donors (Lipinski definition) is 2. The van der Waals surface area contributed by atoms with E-state index in [2.05, 4.69) is 19.9 Å². The fraction of sp³-hybridized carbons (Fsp3) is 0.345. The number of aromatic nitrogens is 3. The summed E-state index contributed by atoms with van der Waals surface area (Å²) in [6, 6.07) is 7.67. The van der Waals surface area contributed by atoms with Crippen LogP contribution in [0.3, 0.4) is 0 Å². The minimum atomic E-state index is -4.64. The Hall–Kier alpha value is -3.55. The Labute approximate surface area is 247 Å². The average Bonchev–Trinajstić information content (AvgIpc) is 3.42. The van der Waals surface area contributed by atoms with Crippen LogP contribution in [0, 0.1) is 17.5 Å². The summed E-state index contributed by atoms with van der Waals surface area (Å²) in [5.74, 6) is -2.43. The zero-order chi connectivity index (χ0) is 29.9. The molecule has 0 atom stereocenters. The molecule has 5 rings (SSSR count). The molecule has 42 heavy (non-hydrogen) atoms. The van der Waals surface area contributed by atoms with E-state index >= 15 is 0 Å². The van der Waals surface area contributed by atoms with Crippen molar-refractivity contribution < 1.29 is 21.6 Å². The van der Waals surface area contributed by atoms with E-state index in [0.717, 1.165) is 36.8 Å². The molecule has 4 aromatic rings. The van der Waals surface area contributed by atoms with Crippen LogP contribution < -0.4 is 10.0 Å². The highest BCUT2D eigenvalue weighted by molar-refractivity contribution is 7.92. The van der Waals surface area contributed by atoms with Crippen molar-refractivity contribution in [3.05, 3.63) is 71.1 Å². The maximum absolute atomic E-state index is 14.8. The number of hydrogen-bond acceptors (Lipinski definition) is 8. The van der Waals surface area contributed by atoms with Crippen LogP contribution in [-0.2, 0) is 10.0 Å². The molecule has 2 N–H and O–H groups in total. The van der Waals surface area contributed by atoms with Gasteiger partial charge in [-0.2, -0.15) is 0 Å². The first-order chi connectivity index (χ1) is 20.1. The molecule has 1 saturated heterocycles. The highest BCUT2D eigenvalue weighted by Crippen LogP contribution is 2.39. The Kier molecular flexibility index (Phi) is 9.09. The van der Waals surface area contributed by atoms with E-state index < -0.39 is 38.1 Å². The van der Waals surface area contributed by atoms with Crippen LogP contribution in [0.25, 0.3) is 21.8 Å². The number of benzene rings is 2. The third kappa shape index (κ3) is 6.90. The minimum Gasteiger partial charge on any atom is -0.353 e.